The first-order chi connectivity index (χ1) is 12.7. The van der Waals surface area contributed by atoms with Gasteiger partial charge >= 0.3 is 5.97 Å². The third kappa shape index (κ3) is 3.89. The van der Waals surface area contributed by atoms with Crippen LogP contribution < -0.4 is 9.47 Å². The van der Waals surface area contributed by atoms with Crippen molar-refractivity contribution >= 4 is 11.9 Å². The molecule has 2 aliphatic rings. The summed E-state index contributed by atoms with van der Waals surface area (Å²) in [6.07, 6.45) is 3.13. The molecule has 2 fully saturated rings. The molecule has 2 atom stereocenters. The summed E-state index contributed by atoms with van der Waals surface area (Å²) in [5.41, 5.74) is 0.636. The maximum Gasteiger partial charge on any atom is 0.342 e. The van der Waals surface area contributed by atoms with E-state index in [9.17, 15) is 9.59 Å². The van der Waals surface area contributed by atoms with E-state index in [1.165, 1.54) is 14.2 Å². The molecule has 0 radical (unpaired) electrons. The van der Waals surface area contributed by atoms with Crippen LogP contribution in [0.3, 0.4) is 0 Å². The van der Waals surface area contributed by atoms with Gasteiger partial charge in [0.25, 0.3) is 5.91 Å². The Balaban J connectivity index is 1.66. The first-order valence-electron chi connectivity index (χ1n) is 9.36. The van der Waals surface area contributed by atoms with E-state index in [1.54, 1.807) is 18.2 Å². The van der Waals surface area contributed by atoms with Crippen LogP contribution in [0.25, 0.3) is 0 Å². The van der Waals surface area contributed by atoms with Crippen molar-refractivity contribution in [3.05, 3.63) is 23.8 Å². The lowest BCUT2D eigenvalue weighted by atomic mass is 9.65. The molecule has 0 N–H and O–H groups in total. The summed E-state index contributed by atoms with van der Waals surface area (Å²) < 4.78 is 15.8. The molecular weight excluding hydrogens is 346 g/mol. The molecule has 0 spiro atoms. The zero-order valence-corrected chi connectivity index (χ0v) is 16.8. The normalized spacial score (nSPS) is 25.8. The van der Waals surface area contributed by atoms with E-state index >= 15 is 0 Å². The minimum Gasteiger partial charge on any atom is -0.493 e. The summed E-state index contributed by atoms with van der Waals surface area (Å²) in [4.78, 5) is 27.1. The first kappa shape index (κ1) is 19.5. The van der Waals surface area contributed by atoms with Crippen molar-refractivity contribution in [2.75, 3.05) is 27.4 Å². The number of fused-ring (bicyclic) bond motifs is 2. The lowest BCUT2D eigenvalue weighted by molar-refractivity contribution is -0.135. The maximum absolute atomic E-state index is 12.7. The Bertz CT molecular complexity index is 744. The van der Waals surface area contributed by atoms with Crippen molar-refractivity contribution in [3.63, 3.8) is 0 Å². The van der Waals surface area contributed by atoms with Gasteiger partial charge in [-0.05, 0) is 42.2 Å². The Morgan fingerprint density at radius 2 is 1.89 bits per heavy atom. The fraction of sp³-hybridized carbons (Fsp3) is 0.619. The molecule has 6 nitrogen and oxygen atoms in total. The summed E-state index contributed by atoms with van der Waals surface area (Å²) in [5, 5.41) is 0. The second kappa shape index (κ2) is 7.06. The lowest BCUT2D eigenvalue weighted by Gasteiger charge is -2.39. The molecule has 6 heteroatoms. The van der Waals surface area contributed by atoms with Gasteiger partial charge in [-0.3, -0.25) is 4.79 Å². The SMILES string of the molecule is COc1cccc(C(=O)OCC(=O)N2CC3(C)CC2CC(C)(C)C3)c1OC. The van der Waals surface area contributed by atoms with Crippen LogP contribution in [0, 0.1) is 10.8 Å². The van der Waals surface area contributed by atoms with Crippen molar-refractivity contribution in [2.45, 2.75) is 46.1 Å². The molecule has 2 unspecified atom stereocenters. The smallest absolute Gasteiger partial charge is 0.342 e. The third-order valence-corrected chi connectivity index (χ3v) is 5.68. The number of carbonyl (C=O) groups is 2. The highest BCUT2D eigenvalue weighted by atomic mass is 16.5. The van der Waals surface area contributed by atoms with E-state index in [4.69, 9.17) is 14.2 Å². The maximum atomic E-state index is 12.7. The summed E-state index contributed by atoms with van der Waals surface area (Å²) >= 11 is 0. The second-order valence-corrected chi connectivity index (χ2v) is 8.85. The number of ether oxygens (including phenoxy) is 3. The van der Waals surface area contributed by atoms with Crippen molar-refractivity contribution in [1.82, 2.24) is 4.90 Å². The second-order valence-electron chi connectivity index (χ2n) is 8.85. The minimum atomic E-state index is -0.590. The molecule has 1 aliphatic heterocycles. The number of carbonyl (C=O) groups excluding carboxylic acids is 2. The Morgan fingerprint density at radius 1 is 1.15 bits per heavy atom. The van der Waals surface area contributed by atoms with E-state index in [-0.39, 0.29) is 34.9 Å². The minimum absolute atomic E-state index is 0.128. The van der Waals surface area contributed by atoms with Crippen LogP contribution in [0.2, 0.25) is 0 Å². The number of methoxy groups -OCH3 is 2. The largest absolute Gasteiger partial charge is 0.493 e. The molecule has 27 heavy (non-hydrogen) atoms. The topological polar surface area (TPSA) is 65.1 Å². The number of nitrogens with zero attached hydrogens (tertiary/aromatic N) is 1. The Hall–Kier alpha value is -2.24. The molecular formula is C21H29NO5. The zero-order chi connectivity index (χ0) is 19.8. The average molecular weight is 375 g/mol. The van der Waals surface area contributed by atoms with Gasteiger partial charge < -0.3 is 19.1 Å². The van der Waals surface area contributed by atoms with Crippen LogP contribution in [-0.2, 0) is 9.53 Å². The number of para-hydroxylation sites is 1. The van der Waals surface area contributed by atoms with E-state index in [0.717, 1.165) is 25.8 Å². The Morgan fingerprint density at radius 3 is 2.56 bits per heavy atom. The van der Waals surface area contributed by atoms with Gasteiger partial charge in [-0.25, -0.2) is 4.79 Å². The van der Waals surface area contributed by atoms with Gasteiger partial charge in [-0.2, -0.15) is 0 Å². The lowest BCUT2D eigenvalue weighted by Crippen LogP contribution is -2.39. The number of amides is 1. The highest BCUT2D eigenvalue weighted by Gasteiger charge is 2.50. The predicted octanol–water partition coefficient (Wildman–Crippen LogP) is 3.29. The van der Waals surface area contributed by atoms with Gasteiger partial charge in [0.2, 0.25) is 0 Å². The molecule has 2 bridgehead atoms. The fourth-order valence-electron chi connectivity index (χ4n) is 5.09. The summed E-state index contributed by atoms with van der Waals surface area (Å²) in [5.74, 6) is 0.0370. The van der Waals surface area contributed by atoms with Crippen LogP contribution in [0.5, 0.6) is 11.5 Å². The van der Waals surface area contributed by atoms with Crippen molar-refractivity contribution in [2.24, 2.45) is 10.8 Å². The molecule has 1 saturated carbocycles. The molecule has 1 aliphatic carbocycles. The monoisotopic (exact) mass is 375 g/mol. The number of rotatable bonds is 5. The molecule has 1 aromatic carbocycles. The van der Waals surface area contributed by atoms with Gasteiger partial charge in [0.15, 0.2) is 18.1 Å². The molecule has 3 rings (SSSR count). The zero-order valence-electron chi connectivity index (χ0n) is 16.8. The molecule has 1 aromatic rings. The van der Waals surface area contributed by atoms with Crippen LogP contribution in [0.1, 0.15) is 50.4 Å². The molecule has 1 amide bonds. The standard InChI is InChI=1S/C21H29NO5/c1-20(2)9-14-10-21(3,12-20)13-22(14)17(23)11-27-19(24)15-7-6-8-16(25-4)18(15)26-5/h6-8,14H,9-13H2,1-5H3. The van der Waals surface area contributed by atoms with E-state index in [2.05, 4.69) is 20.8 Å². The van der Waals surface area contributed by atoms with Crippen molar-refractivity contribution < 1.29 is 23.8 Å². The summed E-state index contributed by atoms with van der Waals surface area (Å²) in [7, 11) is 2.97. The van der Waals surface area contributed by atoms with E-state index < -0.39 is 5.97 Å². The van der Waals surface area contributed by atoms with Gasteiger partial charge in [0.1, 0.15) is 5.56 Å². The Kier molecular flexibility index (Phi) is 5.10. The molecule has 148 valence electrons. The van der Waals surface area contributed by atoms with Gasteiger partial charge in [-0.15, -0.1) is 0 Å². The average Bonchev–Trinajstić information content (AvgIpc) is 2.87. The van der Waals surface area contributed by atoms with Crippen LogP contribution in [0.4, 0.5) is 0 Å². The molecule has 1 saturated heterocycles. The highest BCUT2D eigenvalue weighted by Crippen LogP contribution is 2.52. The first-order valence-corrected chi connectivity index (χ1v) is 9.36. The Labute approximate surface area is 160 Å². The van der Waals surface area contributed by atoms with Crippen LogP contribution >= 0.6 is 0 Å². The number of hydrogen-bond donors (Lipinski definition) is 0. The summed E-state index contributed by atoms with van der Waals surface area (Å²) in [6, 6.07) is 5.22. The highest BCUT2D eigenvalue weighted by molar-refractivity contribution is 5.95. The van der Waals surface area contributed by atoms with Gasteiger partial charge in [0.05, 0.1) is 14.2 Å². The fourth-order valence-corrected chi connectivity index (χ4v) is 5.09. The van der Waals surface area contributed by atoms with E-state index in [1.807, 2.05) is 4.90 Å². The van der Waals surface area contributed by atoms with Crippen LogP contribution in [-0.4, -0.2) is 50.2 Å². The molecule has 0 aromatic heterocycles. The van der Waals surface area contributed by atoms with E-state index in [0.29, 0.717) is 11.5 Å². The van der Waals surface area contributed by atoms with Crippen LogP contribution in [0.15, 0.2) is 18.2 Å². The number of likely N-dealkylation sites (tertiary alicyclic amines) is 1. The van der Waals surface area contributed by atoms with Gasteiger partial charge in [-0.1, -0.05) is 26.8 Å². The predicted molar refractivity (Wildman–Crippen MR) is 101 cm³/mol. The van der Waals surface area contributed by atoms with Gasteiger partial charge in [0, 0.05) is 12.6 Å². The quantitative estimate of drug-likeness (QED) is 0.739. The number of benzene rings is 1. The third-order valence-electron chi connectivity index (χ3n) is 5.68. The number of esters is 1. The van der Waals surface area contributed by atoms with Crippen molar-refractivity contribution in [1.29, 1.82) is 0 Å². The molecule has 1 heterocycles. The summed E-state index contributed by atoms with van der Waals surface area (Å²) in [6.45, 7) is 7.26. The van der Waals surface area contributed by atoms with Crippen molar-refractivity contribution in [3.8, 4) is 11.5 Å². The number of hydrogen-bond acceptors (Lipinski definition) is 5.